The zero-order valence-corrected chi connectivity index (χ0v) is 9.12. The Morgan fingerprint density at radius 1 is 0.933 bits per heavy atom. The molecule has 0 aromatic heterocycles. The smallest absolute Gasteiger partial charge is 0.343 e. The first-order valence-electron chi connectivity index (χ1n) is 4.31. The zero-order chi connectivity index (χ0) is 12.4. The molecule has 0 bridgehead atoms. The molecule has 0 rings (SSSR count). The minimum absolute atomic E-state index is 0.234. The zero-order valence-electron chi connectivity index (χ0n) is 9.12. The van der Waals surface area contributed by atoms with Gasteiger partial charge in [-0.3, -0.25) is 4.79 Å². The maximum absolute atomic E-state index is 11.6. The van der Waals surface area contributed by atoms with E-state index in [2.05, 4.69) is 0 Å². The molecule has 0 saturated carbocycles. The van der Waals surface area contributed by atoms with Gasteiger partial charge in [0.25, 0.3) is 0 Å². The summed E-state index contributed by atoms with van der Waals surface area (Å²) in [6.45, 7) is 6.01. The molecule has 0 fully saturated rings. The topological polar surface area (TPSA) is 91.7 Å². The van der Waals surface area contributed by atoms with Gasteiger partial charge in [0.05, 0.1) is 0 Å². The molecule has 15 heavy (non-hydrogen) atoms. The van der Waals surface area contributed by atoms with Crippen molar-refractivity contribution in [3.05, 3.63) is 11.1 Å². The van der Waals surface area contributed by atoms with Crippen LogP contribution in [-0.4, -0.2) is 27.9 Å². The van der Waals surface area contributed by atoms with Gasteiger partial charge in [0.2, 0.25) is 0 Å². The second kappa shape index (κ2) is 4.25. The van der Waals surface area contributed by atoms with Gasteiger partial charge < -0.3 is 10.2 Å². The number of carboxylic acids is 2. The van der Waals surface area contributed by atoms with E-state index in [9.17, 15) is 14.4 Å². The largest absolute Gasteiger partial charge is 0.477 e. The molecule has 0 saturated heterocycles. The van der Waals surface area contributed by atoms with Crippen molar-refractivity contribution in [2.45, 2.75) is 27.7 Å². The normalized spacial score (nSPS) is 10.7. The lowest BCUT2D eigenvalue weighted by Gasteiger charge is -2.17. The summed E-state index contributed by atoms with van der Waals surface area (Å²) in [6, 6.07) is 0. The molecule has 0 aliphatic carbocycles. The Bertz CT molecular complexity index is 327. The van der Waals surface area contributed by atoms with Crippen LogP contribution in [0.1, 0.15) is 27.7 Å². The van der Waals surface area contributed by atoms with Crippen LogP contribution in [0.4, 0.5) is 0 Å². The minimum atomic E-state index is -1.60. The first kappa shape index (κ1) is 13.4. The average molecular weight is 214 g/mol. The summed E-state index contributed by atoms with van der Waals surface area (Å²) >= 11 is 0. The van der Waals surface area contributed by atoms with Crippen molar-refractivity contribution in [1.29, 1.82) is 0 Å². The van der Waals surface area contributed by atoms with Crippen LogP contribution in [0, 0.1) is 5.41 Å². The first-order chi connectivity index (χ1) is 6.59. The van der Waals surface area contributed by atoms with Crippen molar-refractivity contribution >= 4 is 17.7 Å². The molecule has 0 aliphatic heterocycles. The number of Topliss-reactive ketones (excluding diaryl/α,β-unsaturated/α-hetero) is 1. The second-order valence-corrected chi connectivity index (χ2v) is 4.19. The summed E-state index contributed by atoms with van der Waals surface area (Å²) in [5, 5.41) is 17.3. The van der Waals surface area contributed by atoms with Crippen LogP contribution in [-0.2, 0) is 14.4 Å². The molecule has 0 radical (unpaired) electrons. The summed E-state index contributed by atoms with van der Waals surface area (Å²) in [6.07, 6.45) is 0. The van der Waals surface area contributed by atoms with Crippen molar-refractivity contribution < 1.29 is 24.6 Å². The molecule has 5 nitrogen and oxygen atoms in total. The van der Waals surface area contributed by atoms with Gasteiger partial charge in [-0.2, -0.15) is 0 Å². The van der Waals surface area contributed by atoms with Gasteiger partial charge >= 0.3 is 11.9 Å². The van der Waals surface area contributed by atoms with E-state index in [1.54, 1.807) is 20.8 Å². The Kier molecular flexibility index (Phi) is 3.78. The van der Waals surface area contributed by atoms with E-state index >= 15 is 0 Å². The highest BCUT2D eigenvalue weighted by Crippen LogP contribution is 2.21. The average Bonchev–Trinajstić information content (AvgIpc) is 1.99. The van der Waals surface area contributed by atoms with E-state index in [-0.39, 0.29) is 5.57 Å². The Balaban J connectivity index is 5.50. The SMILES string of the molecule is CC(C(=O)C(C)(C)C)=C(C(=O)O)C(=O)O. The van der Waals surface area contributed by atoms with Crippen molar-refractivity contribution in [2.75, 3.05) is 0 Å². The maximum Gasteiger partial charge on any atom is 0.343 e. The molecule has 5 heteroatoms. The summed E-state index contributed by atoms with van der Waals surface area (Å²) in [5.41, 5.74) is -1.89. The second-order valence-electron chi connectivity index (χ2n) is 4.19. The molecule has 0 aliphatic rings. The molecule has 0 atom stereocenters. The van der Waals surface area contributed by atoms with Crippen molar-refractivity contribution in [2.24, 2.45) is 5.41 Å². The highest BCUT2D eigenvalue weighted by Gasteiger charge is 2.29. The summed E-state index contributed by atoms with van der Waals surface area (Å²) in [5.74, 6) is -3.68. The van der Waals surface area contributed by atoms with Crippen LogP contribution in [0.5, 0.6) is 0 Å². The van der Waals surface area contributed by atoms with Gasteiger partial charge in [0.15, 0.2) is 11.4 Å². The molecular weight excluding hydrogens is 200 g/mol. The van der Waals surface area contributed by atoms with E-state index in [1.165, 1.54) is 6.92 Å². The summed E-state index contributed by atoms with van der Waals surface area (Å²) < 4.78 is 0. The quantitative estimate of drug-likeness (QED) is 0.416. The molecule has 84 valence electrons. The van der Waals surface area contributed by atoms with E-state index < -0.39 is 28.7 Å². The molecule has 0 amide bonds. The number of carbonyl (C=O) groups is 3. The van der Waals surface area contributed by atoms with E-state index in [4.69, 9.17) is 10.2 Å². The molecule has 0 aromatic carbocycles. The van der Waals surface area contributed by atoms with Crippen LogP contribution in [0.25, 0.3) is 0 Å². The van der Waals surface area contributed by atoms with E-state index in [1.807, 2.05) is 0 Å². The van der Waals surface area contributed by atoms with Crippen molar-refractivity contribution in [3.8, 4) is 0 Å². The van der Waals surface area contributed by atoms with Crippen LogP contribution in [0.3, 0.4) is 0 Å². The minimum Gasteiger partial charge on any atom is -0.477 e. The molecule has 0 unspecified atom stereocenters. The molecule has 2 N–H and O–H groups in total. The number of ketones is 1. The molecule has 0 spiro atoms. The van der Waals surface area contributed by atoms with Gasteiger partial charge in [-0.15, -0.1) is 0 Å². The lowest BCUT2D eigenvalue weighted by molar-refractivity contribution is -0.141. The Morgan fingerprint density at radius 2 is 1.27 bits per heavy atom. The Labute approximate surface area is 87.4 Å². The molecular formula is C10H14O5. The fourth-order valence-corrected chi connectivity index (χ4v) is 1.09. The van der Waals surface area contributed by atoms with Crippen LogP contribution >= 0.6 is 0 Å². The van der Waals surface area contributed by atoms with Gasteiger partial charge in [-0.25, -0.2) is 9.59 Å². The predicted molar refractivity (Wildman–Crippen MR) is 52.4 cm³/mol. The van der Waals surface area contributed by atoms with Gasteiger partial charge in [-0.05, 0) is 6.92 Å². The number of hydrogen-bond donors (Lipinski definition) is 2. The highest BCUT2D eigenvalue weighted by molar-refractivity contribution is 6.19. The standard InChI is InChI=1S/C10H14O5/c1-5(7(11)10(2,3)4)6(8(12)13)9(14)15/h1-4H3,(H,12,13)(H,14,15). The fraction of sp³-hybridized carbons (Fsp3) is 0.500. The number of aliphatic carboxylic acids is 2. The van der Waals surface area contributed by atoms with Crippen LogP contribution in [0.2, 0.25) is 0 Å². The van der Waals surface area contributed by atoms with Crippen LogP contribution < -0.4 is 0 Å². The highest BCUT2D eigenvalue weighted by atomic mass is 16.4. The van der Waals surface area contributed by atoms with E-state index in [0.29, 0.717) is 0 Å². The van der Waals surface area contributed by atoms with E-state index in [0.717, 1.165) is 0 Å². The lowest BCUT2D eigenvalue weighted by Crippen LogP contribution is -2.25. The van der Waals surface area contributed by atoms with Crippen molar-refractivity contribution in [3.63, 3.8) is 0 Å². The third-order valence-electron chi connectivity index (χ3n) is 1.82. The van der Waals surface area contributed by atoms with Gasteiger partial charge in [0, 0.05) is 11.0 Å². The molecule has 0 aromatic rings. The molecule has 0 heterocycles. The lowest BCUT2D eigenvalue weighted by atomic mass is 9.85. The number of hydrogen-bond acceptors (Lipinski definition) is 3. The monoisotopic (exact) mass is 214 g/mol. The van der Waals surface area contributed by atoms with Crippen molar-refractivity contribution in [1.82, 2.24) is 0 Å². The fourth-order valence-electron chi connectivity index (χ4n) is 1.09. The van der Waals surface area contributed by atoms with Crippen LogP contribution in [0.15, 0.2) is 11.1 Å². The Morgan fingerprint density at radius 3 is 1.47 bits per heavy atom. The Hall–Kier alpha value is -1.65. The summed E-state index contributed by atoms with van der Waals surface area (Å²) in [4.78, 5) is 32.9. The predicted octanol–water partition coefficient (Wildman–Crippen LogP) is 1.09. The maximum atomic E-state index is 11.6. The third-order valence-corrected chi connectivity index (χ3v) is 1.82. The summed E-state index contributed by atoms with van der Waals surface area (Å²) in [7, 11) is 0. The number of carbonyl (C=O) groups excluding carboxylic acids is 1. The first-order valence-corrected chi connectivity index (χ1v) is 4.31. The number of carboxylic acid groups (broad SMARTS) is 2. The van der Waals surface area contributed by atoms with Gasteiger partial charge in [0.1, 0.15) is 0 Å². The third kappa shape index (κ3) is 3.19. The number of rotatable bonds is 3. The number of allylic oxidation sites excluding steroid dienone is 1. The van der Waals surface area contributed by atoms with Gasteiger partial charge in [-0.1, -0.05) is 20.8 Å².